The van der Waals surface area contributed by atoms with E-state index in [0.717, 1.165) is 12.1 Å². The molecule has 27 heavy (non-hydrogen) atoms. The van der Waals surface area contributed by atoms with E-state index in [1.54, 1.807) is 17.1 Å². The summed E-state index contributed by atoms with van der Waals surface area (Å²) in [4.78, 5) is 23.2. The molecule has 0 aliphatic carbocycles. The van der Waals surface area contributed by atoms with Gasteiger partial charge in [0.2, 0.25) is 5.91 Å². The fourth-order valence-corrected chi connectivity index (χ4v) is 2.70. The van der Waals surface area contributed by atoms with Crippen molar-refractivity contribution in [2.75, 3.05) is 5.32 Å². The average molecular weight is 392 g/mol. The molecule has 0 aromatic carbocycles. The van der Waals surface area contributed by atoms with Crippen LogP contribution in [0, 0.1) is 0 Å². The first kappa shape index (κ1) is 18.6. The molecular weight excluding hydrogens is 374 g/mol. The topological polar surface area (TPSA) is 120 Å². The maximum Gasteiger partial charge on any atom is 0.354 e. The summed E-state index contributed by atoms with van der Waals surface area (Å²) in [7, 11) is 0. The number of carbonyl (C=O) groups is 2. The van der Waals surface area contributed by atoms with Gasteiger partial charge in [-0.15, -0.1) is 0 Å². The van der Waals surface area contributed by atoms with Crippen LogP contribution in [-0.2, 0) is 24.4 Å². The third-order valence-corrected chi connectivity index (χ3v) is 4.09. The van der Waals surface area contributed by atoms with E-state index in [0.29, 0.717) is 11.6 Å². The van der Waals surface area contributed by atoms with E-state index >= 15 is 0 Å². The van der Waals surface area contributed by atoms with Crippen LogP contribution in [0.5, 0.6) is 0 Å². The summed E-state index contributed by atoms with van der Waals surface area (Å²) >= 11 is 6.14. The minimum absolute atomic E-state index is 0.0257. The number of aromatic nitrogens is 6. The van der Waals surface area contributed by atoms with Crippen LogP contribution in [0.15, 0.2) is 30.9 Å². The quantitative estimate of drug-likeness (QED) is 0.603. The third-order valence-electron chi connectivity index (χ3n) is 3.82. The van der Waals surface area contributed by atoms with E-state index in [9.17, 15) is 9.59 Å². The molecule has 3 aromatic rings. The van der Waals surface area contributed by atoms with Gasteiger partial charge in [-0.05, 0) is 13.0 Å². The Labute approximate surface area is 159 Å². The first-order valence-corrected chi connectivity index (χ1v) is 8.63. The molecule has 0 fully saturated rings. The molecule has 0 bridgehead atoms. The zero-order valence-electron chi connectivity index (χ0n) is 14.5. The molecule has 11 heteroatoms. The molecule has 1 amide bonds. The second-order valence-electron chi connectivity index (χ2n) is 5.77. The van der Waals surface area contributed by atoms with E-state index < -0.39 is 5.97 Å². The lowest BCUT2D eigenvalue weighted by Gasteiger charge is -2.05. The standard InChI is InChI=1S/C16H18ClN7O3/c1-2-22-8-11(7-19-22)9-23-10-12(17)15(21-23)20-14(25)4-6-24-13(16(26)27)3-5-18-24/h3,5,7-8,10H,2,4,6,9H2,1H3,(H,26,27)(H,20,21,25). The number of carboxylic acid groups (broad SMARTS) is 1. The predicted molar refractivity (Wildman–Crippen MR) is 96.7 cm³/mol. The highest BCUT2D eigenvalue weighted by Crippen LogP contribution is 2.20. The summed E-state index contributed by atoms with van der Waals surface area (Å²) < 4.78 is 4.68. The monoisotopic (exact) mass is 391 g/mol. The number of hydrogen-bond acceptors (Lipinski definition) is 5. The number of nitrogens with zero attached hydrogens (tertiary/aromatic N) is 6. The molecule has 0 saturated heterocycles. The summed E-state index contributed by atoms with van der Waals surface area (Å²) in [5, 5.41) is 24.3. The van der Waals surface area contributed by atoms with Gasteiger partial charge in [0.1, 0.15) is 10.7 Å². The van der Waals surface area contributed by atoms with Gasteiger partial charge in [-0.3, -0.25) is 18.8 Å². The molecule has 10 nitrogen and oxygen atoms in total. The Morgan fingerprint density at radius 2 is 2.07 bits per heavy atom. The lowest BCUT2D eigenvalue weighted by molar-refractivity contribution is -0.116. The maximum absolute atomic E-state index is 12.1. The van der Waals surface area contributed by atoms with Crippen molar-refractivity contribution in [3.8, 4) is 0 Å². The highest BCUT2D eigenvalue weighted by Gasteiger charge is 2.14. The van der Waals surface area contributed by atoms with E-state index in [2.05, 4.69) is 20.6 Å². The Balaban J connectivity index is 1.58. The highest BCUT2D eigenvalue weighted by molar-refractivity contribution is 6.33. The Hall–Kier alpha value is -3.14. The van der Waals surface area contributed by atoms with Crippen molar-refractivity contribution < 1.29 is 14.7 Å². The fourth-order valence-electron chi connectivity index (χ4n) is 2.51. The molecule has 3 heterocycles. The number of rotatable bonds is 8. The number of carbonyl (C=O) groups excluding carboxylic acids is 1. The Morgan fingerprint density at radius 3 is 2.78 bits per heavy atom. The Kier molecular flexibility index (Phi) is 5.55. The minimum atomic E-state index is -1.10. The van der Waals surface area contributed by atoms with Crippen molar-refractivity contribution in [2.24, 2.45) is 0 Å². The van der Waals surface area contributed by atoms with Crippen LogP contribution in [0.3, 0.4) is 0 Å². The van der Waals surface area contributed by atoms with E-state index in [1.807, 2.05) is 17.8 Å². The number of amides is 1. The number of aryl methyl sites for hydroxylation is 2. The fraction of sp³-hybridized carbons (Fsp3) is 0.312. The summed E-state index contributed by atoms with van der Waals surface area (Å²) in [5.74, 6) is -1.18. The molecule has 0 spiro atoms. The van der Waals surface area contributed by atoms with Gasteiger partial charge >= 0.3 is 5.97 Å². The lowest BCUT2D eigenvalue weighted by Crippen LogP contribution is -2.18. The molecule has 0 aliphatic rings. The second kappa shape index (κ2) is 8.04. The van der Waals surface area contributed by atoms with Crippen molar-refractivity contribution in [1.29, 1.82) is 0 Å². The van der Waals surface area contributed by atoms with Gasteiger partial charge in [-0.25, -0.2) is 4.79 Å². The molecule has 0 saturated carbocycles. The zero-order chi connectivity index (χ0) is 19.4. The molecule has 3 aromatic heterocycles. The number of anilines is 1. The number of aromatic carboxylic acids is 1. The van der Waals surface area contributed by atoms with Crippen LogP contribution in [0.1, 0.15) is 29.4 Å². The molecule has 0 unspecified atom stereocenters. The first-order chi connectivity index (χ1) is 13.0. The molecule has 0 aliphatic heterocycles. The normalized spacial score (nSPS) is 10.9. The SMILES string of the molecule is CCn1cc(Cn2cc(Cl)c(NC(=O)CCn3nccc3C(=O)O)n2)cn1. The van der Waals surface area contributed by atoms with Crippen LogP contribution in [-0.4, -0.2) is 46.3 Å². The van der Waals surface area contributed by atoms with Gasteiger partial charge in [0.15, 0.2) is 5.82 Å². The molecule has 2 N–H and O–H groups in total. The third kappa shape index (κ3) is 4.53. The van der Waals surface area contributed by atoms with E-state index in [4.69, 9.17) is 16.7 Å². The average Bonchev–Trinajstić information content (AvgIpc) is 3.34. The summed E-state index contributed by atoms with van der Waals surface area (Å²) in [5.41, 5.74) is 0.992. The molecule has 0 atom stereocenters. The van der Waals surface area contributed by atoms with Crippen molar-refractivity contribution in [3.05, 3.63) is 47.1 Å². The second-order valence-corrected chi connectivity index (χ2v) is 6.18. The smallest absolute Gasteiger partial charge is 0.354 e. The zero-order valence-corrected chi connectivity index (χ0v) is 15.3. The number of hydrogen-bond donors (Lipinski definition) is 2. The maximum atomic E-state index is 12.1. The lowest BCUT2D eigenvalue weighted by atomic mass is 10.3. The van der Waals surface area contributed by atoms with Gasteiger partial charge in [0.05, 0.1) is 19.3 Å². The molecular formula is C16H18ClN7O3. The summed E-state index contributed by atoms with van der Waals surface area (Å²) in [6.07, 6.45) is 6.70. The van der Waals surface area contributed by atoms with Crippen molar-refractivity contribution in [2.45, 2.75) is 33.0 Å². The van der Waals surface area contributed by atoms with E-state index in [-0.39, 0.29) is 30.4 Å². The van der Waals surface area contributed by atoms with Gasteiger partial charge in [0.25, 0.3) is 0 Å². The Bertz CT molecular complexity index is 959. The van der Waals surface area contributed by atoms with Crippen molar-refractivity contribution in [1.82, 2.24) is 29.3 Å². The first-order valence-electron chi connectivity index (χ1n) is 8.25. The van der Waals surface area contributed by atoms with Crippen LogP contribution in [0.4, 0.5) is 5.82 Å². The molecule has 0 radical (unpaired) electrons. The number of nitrogens with one attached hydrogen (secondary N) is 1. The van der Waals surface area contributed by atoms with E-state index in [1.165, 1.54) is 16.9 Å². The van der Waals surface area contributed by atoms with Crippen molar-refractivity contribution in [3.63, 3.8) is 0 Å². The van der Waals surface area contributed by atoms with Gasteiger partial charge < -0.3 is 10.4 Å². The van der Waals surface area contributed by atoms with Crippen LogP contribution < -0.4 is 5.32 Å². The summed E-state index contributed by atoms with van der Waals surface area (Å²) in [6.45, 7) is 3.39. The Morgan fingerprint density at radius 1 is 1.26 bits per heavy atom. The largest absolute Gasteiger partial charge is 0.477 e. The highest BCUT2D eigenvalue weighted by atomic mass is 35.5. The van der Waals surface area contributed by atoms with Gasteiger partial charge in [-0.1, -0.05) is 11.6 Å². The predicted octanol–water partition coefficient (Wildman–Crippen LogP) is 1.72. The van der Waals surface area contributed by atoms with Crippen LogP contribution in [0.2, 0.25) is 5.02 Å². The van der Waals surface area contributed by atoms with Crippen molar-refractivity contribution >= 4 is 29.3 Å². The number of carboxylic acids is 1. The van der Waals surface area contributed by atoms with Gasteiger partial charge in [0, 0.05) is 37.1 Å². The number of halogens is 1. The molecule has 142 valence electrons. The summed E-state index contributed by atoms with van der Waals surface area (Å²) in [6, 6.07) is 1.37. The van der Waals surface area contributed by atoms with Crippen LogP contribution in [0.25, 0.3) is 0 Å². The van der Waals surface area contributed by atoms with Gasteiger partial charge in [-0.2, -0.15) is 15.3 Å². The minimum Gasteiger partial charge on any atom is -0.477 e. The molecule has 3 rings (SSSR count). The van der Waals surface area contributed by atoms with Crippen LogP contribution >= 0.6 is 11.6 Å².